The van der Waals surface area contributed by atoms with Crippen molar-refractivity contribution in [2.45, 2.75) is 39.5 Å². The molecule has 6 heteroatoms. The van der Waals surface area contributed by atoms with Gasteiger partial charge in [0, 0.05) is 0 Å². The summed E-state index contributed by atoms with van der Waals surface area (Å²) < 4.78 is 0. The molecule has 0 aliphatic rings. The van der Waals surface area contributed by atoms with Crippen LogP contribution in [-0.2, 0) is 12.8 Å². The van der Waals surface area contributed by atoms with Crippen LogP contribution in [0.25, 0.3) is 16.7 Å². The maximum Gasteiger partial charge on any atom is 0.146 e. The second-order valence-corrected chi connectivity index (χ2v) is 6.68. The van der Waals surface area contributed by atoms with E-state index in [0.717, 1.165) is 31.2 Å². The standard InChI is InChI=1S/C18H19Cl2N3O/c1-3-5-11-7-12(6-4-2)18(24)17(8-11)23-21-15-9-13(19)14(20)10-16(15)22-23/h7-10,24H,3-6H2,1-2H3. The summed E-state index contributed by atoms with van der Waals surface area (Å²) in [6.45, 7) is 4.23. The van der Waals surface area contributed by atoms with Gasteiger partial charge in [0.25, 0.3) is 0 Å². The van der Waals surface area contributed by atoms with Crippen LogP contribution in [0.5, 0.6) is 5.75 Å². The van der Waals surface area contributed by atoms with Crippen LogP contribution in [0.1, 0.15) is 37.8 Å². The molecule has 0 fully saturated rings. The van der Waals surface area contributed by atoms with E-state index in [9.17, 15) is 5.11 Å². The van der Waals surface area contributed by atoms with Crippen molar-refractivity contribution in [3.05, 3.63) is 45.4 Å². The molecule has 0 atom stereocenters. The first-order chi connectivity index (χ1) is 11.5. The lowest BCUT2D eigenvalue weighted by Crippen LogP contribution is -2.03. The molecule has 0 aliphatic heterocycles. The molecule has 2 aromatic carbocycles. The predicted molar refractivity (Wildman–Crippen MR) is 98.5 cm³/mol. The van der Waals surface area contributed by atoms with Crippen molar-refractivity contribution in [3.63, 3.8) is 0 Å². The van der Waals surface area contributed by atoms with Crippen LogP contribution in [0.2, 0.25) is 10.0 Å². The number of halogens is 2. The highest BCUT2D eigenvalue weighted by atomic mass is 35.5. The number of nitrogens with zero attached hydrogens (tertiary/aromatic N) is 3. The highest BCUT2D eigenvalue weighted by Gasteiger charge is 2.15. The number of benzene rings is 2. The van der Waals surface area contributed by atoms with Gasteiger partial charge in [-0.05, 0) is 42.2 Å². The van der Waals surface area contributed by atoms with Crippen LogP contribution >= 0.6 is 23.2 Å². The summed E-state index contributed by atoms with van der Waals surface area (Å²) in [6, 6.07) is 7.38. The van der Waals surface area contributed by atoms with Crippen molar-refractivity contribution in [3.8, 4) is 11.4 Å². The molecule has 0 aliphatic carbocycles. The molecule has 126 valence electrons. The van der Waals surface area contributed by atoms with E-state index in [4.69, 9.17) is 23.2 Å². The van der Waals surface area contributed by atoms with E-state index in [-0.39, 0.29) is 5.75 Å². The van der Waals surface area contributed by atoms with E-state index >= 15 is 0 Å². The first-order valence-corrected chi connectivity index (χ1v) is 8.86. The van der Waals surface area contributed by atoms with Crippen LogP contribution in [0.4, 0.5) is 0 Å². The molecule has 0 unspecified atom stereocenters. The lowest BCUT2D eigenvalue weighted by atomic mass is 10.0. The minimum Gasteiger partial charge on any atom is -0.505 e. The number of aromatic hydroxyl groups is 1. The van der Waals surface area contributed by atoms with E-state index in [0.29, 0.717) is 26.8 Å². The van der Waals surface area contributed by atoms with Gasteiger partial charge in [-0.2, -0.15) is 0 Å². The van der Waals surface area contributed by atoms with E-state index in [1.54, 1.807) is 12.1 Å². The van der Waals surface area contributed by atoms with Crippen molar-refractivity contribution in [1.82, 2.24) is 15.0 Å². The molecular formula is C18H19Cl2N3O. The number of aryl methyl sites for hydroxylation is 2. The van der Waals surface area contributed by atoms with Crippen molar-refractivity contribution in [1.29, 1.82) is 0 Å². The topological polar surface area (TPSA) is 50.9 Å². The lowest BCUT2D eigenvalue weighted by molar-refractivity contribution is 0.460. The van der Waals surface area contributed by atoms with Crippen molar-refractivity contribution < 1.29 is 5.11 Å². The Morgan fingerprint density at radius 2 is 1.50 bits per heavy atom. The molecule has 1 N–H and O–H groups in total. The Morgan fingerprint density at radius 3 is 2.04 bits per heavy atom. The first kappa shape index (κ1) is 17.1. The molecule has 3 aromatic rings. The second kappa shape index (κ2) is 6.99. The smallest absolute Gasteiger partial charge is 0.146 e. The Hall–Kier alpha value is -1.78. The fourth-order valence-electron chi connectivity index (χ4n) is 2.81. The van der Waals surface area contributed by atoms with Crippen molar-refractivity contribution >= 4 is 34.2 Å². The molecule has 4 nitrogen and oxygen atoms in total. The van der Waals surface area contributed by atoms with Crippen LogP contribution in [0.3, 0.4) is 0 Å². The lowest BCUT2D eigenvalue weighted by Gasteiger charge is -2.11. The molecule has 24 heavy (non-hydrogen) atoms. The SMILES string of the molecule is CCCc1cc(CCC)c(O)c(-n2nc3cc(Cl)c(Cl)cc3n2)c1. The molecule has 0 amide bonds. The Bertz CT molecular complexity index is 851. The maximum absolute atomic E-state index is 10.6. The Balaban J connectivity index is 2.16. The zero-order chi connectivity index (χ0) is 17.3. The molecule has 0 spiro atoms. The molecule has 0 saturated heterocycles. The highest BCUT2D eigenvalue weighted by molar-refractivity contribution is 6.42. The van der Waals surface area contributed by atoms with Gasteiger partial charge >= 0.3 is 0 Å². The van der Waals surface area contributed by atoms with Gasteiger partial charge in [0.05, 0.1) is 10.0 Å². The van der Waals surface area contributed by atoms with Crippen molar-refractivity contribution in [2.75, 3.05) is 0 Å². The minimum absolute atomic E-state index is 0.231. The summed E-state index contributed by atoms with van der Waals surface area (Å²) in [4.78, 5) is 1.46. The molecule has 0 radical (unpaired) electrons. The molecule has 0 bridgehead atoms. The summed E-state index contributed by atoms with van der Waals surface area (Å²) in [7, 11) is 0. The van der Waals surface area contributed by atoms with Crippen LogP contribution in [0, 0.1) is 0 Å². The number of aromatic nitrogens is 3. The molecule has 0 saturated carbocycles. The third-order valence-electron chi connectivity index (χ3n) is 3.92. The van der Waals surface area contributed by atoms with E-state index in [1.165, 1.54) is 10.4 Å². The Kier molecular flexibility index (Phi) is 4.97. The second-order valence-electron chi connectivity index (χ2n) is 5.87. The largest absolute Gasteiger partial charge is 0.505 e. The van der Waals surface area contributed by atoms with Gasteiger partial charge in [0.1, 0.15) is 22.5 Å². The third-order valence-corrected chi connectivity index (χ3v) is 4.65. The summed E-state index contributed by atoms with van der Waals surface area (Å²) in [5, 5.41) is 20.4. The Labute approximate surface area is 151 Å². The summed E-state index contributed by atoms with van der Waals surface area (Å²) in [6.07, 6.45) is 3.76. The average molecular weight is 364 g/mol. The van der Waals surface area contributed by atoms with Gasteiger partial charge in [-0.3, -0.25) is 0 Å². The quantitative estimate of drug-likeness (QED) is 0.665. The number of hydrogen-bond donors (Lipinski definition) is 1. The maximum atomic E-state index is 10.6. The monoisotopic (exact) mass is 363 g/mol. The van der Waals surface area contributed by atoms with E-state index in [2.05, 4.69) is 30.1 Å². The normalized spacial score (nSPS) is 11.3. The Morgan fingerprint density at radius 1 is 0.917 bits per heavy atom. The van der Waals surface area contributed by atoms with Gasteiger partial charge in [-0.1, -0.05) is 56.0 Å². The molecule has 3 rings (SSSR count). The highest BCUT2D eigenvalue weighted by Crippen LogP contribution is 2.31. The number of hydrogen-bond acceptors (Lipinski definition) is 3. The fourth-order valence-corrected chi connectivity index (χ4v) is 3.12. The number of rotatable bonds is 5. The van der Waals surface area contributed by atoms with Crippen molar-refractivity contribution in [2.24, 2.45) is 0 Å². The first-order valence-electron chi connectivity index (χ1n) is 8.10. The van der Waals surface area contributed by atoms with Crippen LogP contribution < -0.4 is 0 Å². The van der Waals surface area contributed by atoms with E-state index in [1.807, 2.05) is 6.07 Å². The average Bonchev–Trinajstić information content (AvgIpc) is 2.93. The molecule has 1 aromatic heterocycles. The zero-order valence-corrected chi connectivity index (χ0v) is 15.2. The number of phenols is 1. The van der Waals surface area contributed by atoms with Gasteiger partial charge in [-0.15, -0.1) is 15.0 Å². The summed E-state index contributed by atoms with van der Waals surface area (Å²) in [5.74, 6) is 0.231. The zero-order valence-electron chi connectivity index (χ0n) is 13.7. The summed E-state index contributed by atoms with van der Waals surface area (Å²) >= 11 is 12.1. The number of fused-ring (bicyclic) bond motifs is 1. The minimum atomic E-state index is 0.231. The van der Waals surface area contributed by atoms with Crippen LogP contribution in [0.15, 0.2) is 24.3 Å². The van der Waals surface area contributed by atoms with Gasteiger partial charge in [0.2, 0.25) is 0 Å². The molecule has 1 heterocycles. The van der Waals surface area contributed by atoms with Crippen LogP contribution in [-0.4, -0.2) is 20.1 Å². The predicted octanol–water partition coefficient (Wildman–Crippen LogP) is 5.34. The van der Waals surface area contributed by atoms with Gasteiger partial charge in [-0.25, -0.2) is 0 Å². The molecular weight excluding hydrogens is 345 g/mol. The third kappa shape index (κ3) is 3.21. The van der Waals surface area contributed by atoms with Gasteiger partial charge < -0.3 is 5.11 Å². The summed E-state index contributed by atoms with van der Waals surface area (Å²) in [5.41, 5.74) is 3.97. The number of phenolic OH excluding ortho intramolecular Hbond substituents is 1. The van der Waals surface area contributed by atoms with E-state index < -0.39 is 0 Å². The van der Waals surface area contributed by atoms with Gasteiger partial charge in [0.15, 0.2) is 0 Å². The fraction of sp³-hybridized carbons (Fsp3) is 0.333.